The van der Waals surface area contributed by atoms with E-state index >= 15 is 0 Å². The smallest absolute Gasteiger partial charge is 0.211 e. The highest BCUT2D eigenvalue weighted by Gasteiger charge is 2.43. The number of thioether (sulfide) groups is 1. The van der Waals surface area contributed by atoms with Crippen molar-refractivity contribution in [2.24, 2.45) is 0 Å². The second kappa shape index (κ2) is 7.36. The summed E-state index contributed by atoms with van der Waals surface area (Å²) in [5.41, 5.74) is 0. The van der Waals surface area contributed by atoms with Crippen molar-refractivity contribution in [1.82, 2.24) is 0 Å². The zero-order valence-corrected chi connectivity index (χ0v) is 13.0. The molecule has 0 fully saturated rings. The first-order chi connectivity index (χ1) is 8.83. The molecule has 1 unspecified atom stereocenters. The Hall–Kier alpha value is 0.0600. The SMILES string of the molecule is CCS(=O)(=O)C(SC(C)(O)O)[C@H](O)[C@H](O)[C@@H](O)[C@H](C)O. The lowest BCUT2D eigenvalue weighted by molar-refractivity contribution is -0.0970. The highest BCUT2D eigenvalue weighted by molar-refractivity contribution is 8.14. The lowest BCUT2D eigenvalue weighted by Gasteiger charge is -2.31. The number of aliphatic hydroxyl groups is 6. The van der Waals surface area contributed by atoms with Crippen LogP contribution in [-0.4, -0.2) is 78.9 Å². The minimum Gasteiger partial charge on any atom is -0.391 e. The van der Waals surface area contributed by atoms with Crippen molar-refractivity contribution in [3.05, 3.63) is 0 Å². The summed E-state index contributed by atoms with van der Waals surface area (Å²) in [6, 6.07) is 0. The van der Waals surface area contributed by atoms with Gasteiger partial charge in [0.25, 0.3) is 0 Å². The van der Waals surface area contributed by atoms with E-state index in [2.05, 4.69) is 0 Å². The van der Waals surface area contributed by atoms with Crippen molar-refractivity contribution in [2.45, 2.75) is 54.9 Å². The topological polar surface area (TPSA) is 156 Å². The van der Waals surface area contributed by atoms with E-state index < -0.39 is 49.7 Å². The van der Waals surface area contributed by atoms with E-state index in [4.69, 9.17) is 5.11 Å². The first-order valence-corrected chi connectivity index (χ1v) is 8.49. The average molecular weight is 334 g/mol. The van der Waals surface area contributed by atoms with Crippen LogP contribution in [0.1, 0.15) is 20.8 Å². The molecular formula is C10H22O8S2. The molecule has 0 aliphatic carbocycles. The van der Waals surface area contributed by atoms with Crippen molar-refractivity contribution in [1.29, 1.82) is 0 Å². The molecular weight excluding hydrogens is 312 g/mol. The van der Waals surface area contributed by atoms with Gasteiger partial charge in [0.05, 0.1) is 6.10 Å². The van der Waals surface area contributed by atoms with Gasteiger partial charge < -0.3 is 30.6 Å². The maximum atomic E-state index is 11.9. The predicted molar refractivity (Wildman–Crippen MR) is 73.4 cm³/mol. The molecule has 0 aliphatic rings. The van der Waals surface area contributed by atoms with Gasteiger partial charge in [-0.1, -0.05) is 18.7 Å². The molecule has 0 radical (unpaired) electrons. The Labute approximate surface area is 122 Å². The molecule has 122 valence electrons. The third-order valence-corrected chi connectivity index (χ3v) is 6.49. The van der Waals surface area contributed by atoms with Crippen LogP contribution in [0.3, 0.4) is 0 Å². The maximum absolute atomic E-state index is 11.9. The summed E-state index contributed by atoms with van der Waals surface area (Å²) in [6.45, 7) is 3.35. The summed E-state index contributed by atoms with van der Waals surface area (Å²) in [5.74, 6) is -0.407. The molecule has 20 heavy (non-hydrogen) atoms. The Bertz CT molecular complexity index is 389. The molecule has 0 saturated carbocycles. The van der Waals surface area contributed by atoms with Crippen molar-refractivity contribution < 1.29 is 39.1 Å². The van der Waals surface area contributed by atoms with Gasteiger partial charge in [0.2, 0.25) is 5.12 Å². The molecule has 0 aliphatic heterocycles. The third kappa shape index (κ3) is 5.82. The summed E-state index contributed by atoms with van der Waals surface area (Å²) < 4.78 is 21.9. The second-order valence-electron chi connectivity index (χ2n) is 4.58. The molecule has 10 heteroatoms. The standard InChI is InChI=1S/C10H22O8S2/c1-4-20(17,18)9(19-10(3,15)16)8(14)7(13)6(12)5(2)11/h5-9,11-16H,4H2,1-3H3/t5-,6-,7+,8+,9?/m0/s1. The van der Waals surface area contributed by atoms with E-state index in [1.54, 1.807) is 0 Å². The fraction of sp³-hybridized carbons (Fsp3) is 1.00. The number of hydrogen-bond donors (Lipinski definition) is 6. The van der Waals surface area contributed by atoms with Gasteiger partial charge in [-0.3, -0.25) is 0 Å². The Morgan fingerprint density at radius 1 is 1.05 bits per heavy atom. The molecule has 0 saturated heterocycles. The van der Waals surface area contributed by atoms with Crippen LogP contribution in [0.15, 0.2) is 0 Å². The Kier molecular flexibility index (Phi) is 7.38. The molecule has 5 atom stereocenters. The van der Waals surface area contributed by atoms with Crippen molar-refractivity contribution in [3.8, 4) is 0 Å². The first-order valence-electron chi connectivity index (χ1n) is 5.90. The molecule has 0 aromatic heterocycles. The van der Waals surface area contributed by atoms with E-state index in [9.17, 15) is 34.0 Å². The lowest BCUT2D eigenvalue weighted by Crippen LogP contribution is -2.50. The number of rotatable bonds is 8. The Morgan fingerprint density at radius 3 is 1.80 bits per heavy atom. The summed E-state index contributed by atoms with van der Waals surface area (Å²) in [6.07, 6.45) is -7.14. The van der Waals surface area contributed by atoms with Gasteiger partial charge in [-0.2, -0.15) is 0 Å². The highest BCUT2D eigenvalue weighted by Crippen LogP contribution is 2.32. The molecule has 0 bridgehead atoms. The molecule has 0 heterocycles. The van der Waals surface area contributed by atoms with E-state index in [0.717, 1.165) is 13.8 Å². The Balaban J connectivity index is 5.33. The van der Waals surface area contributed by atoms with Crippen LogP contribution in [0.2, 0.25) is 0 Å². The van der Waals surface area contributed by atoms with Crippen LogP contribution in [0.4, 0.5) is 0 Å². The van der Waals surface area contributed by atoms with Crippen LogP contribution in [0.25, 0.3) is 0 Å². The summed E-state index contributed by atoms with van der Waals surface area (Å²) >= 11 is 0.119. The fourth-order valence-corrected chi connectivity index (χ4v) is 4.58. The van der Waals surface area contributed by atoms with Gasteiger partial charge in [0.1, 0.15) is 22.9 Å². The van der Waals surface area contributed by atoms with Gasteiger partial charge in [0, 0.05) is 5.75 Å². The zero-order valence-electron chi connectivity index (χ0n) is 11.4. The monoisotopic (exact) mass is 334 g/mol. The molecule has 0 amide bonds. The minimum absolute atomic E-state index is 0.119. The predicted octanol–water partition coefficient (Wildman–Crippen LogP) is -2.40. The maximum Gasteiger partial charge on any atom is 0.211 e. The van der Waals surface area contributed by atoms with Crippen LogP contribution < -0.4 is 0 Å². The largest absolute Gasteiger partial charge is 0.391 e. The van der Waals surface area contributed by atoms with Gasteiger partial charge in [-0.05, 0) is 13.8 Å². The number of aliphatic hydroxyl groups excluding tert-OH is 4. The second-order valence-corrected chi connectivity index (χ2v) is 8.81. The van der Waals surface area contributed by atoms with E-state index in [1.807, 2.05) is 0 Å². The summed E-state index contributed by atoms with van der Waals surface area (Å²) in [5, 5.41) is 54.3. The fourth-order valence-electron chi connectivity index (χ4n) is 1.39. The number of hydrogen-bond acceptors (Lipinski definition) is 9. The summed E-state index contributed by atoms with van der Waals surface area (Å²) in [4.78, 5) is 0. The van der Waals surface area contributed by atoms with Crippen molar-refractivity contribution in [3.63, 3.8) is 0 Å². The van der Waals surface area contributed by atoms with Crippen LogP contribution >= 0.6 is 11.8 Å². The van der Waals surface area contributed by atoms with Crippen LogP contribution in [-0.2, 0) is 9.84 Å². The van der Waals surface area contributed by atoms with Gasteiger partial charge >= 0.3 is 0 Å². The normalized spacial score (nSPS) is 21.1. The van der Waals surface area contributed by atoms with Gasteiger partial charge in [-0.15, -0.1) is 0 Å². The lowest BCUT2D eigenvalue weighted by atomic mass is 10.1. The summed E-state index contributed by atoms with van der Waals surface area (Å²) in [7, 11) is -3.96. The number of sulfone groups is 1. The van der Waals surface area contributed by atoms with Crippen molar-refractivity contribution >= 4 is 21.6 Å². The molecule has 0 aromatic carbocycles. The molecule has 0 aromatic rings. The average Bonchev–Trinajstić information content (AvgIpc) is 2.31. The van der Waals surface area contributed by atoms with Gasteiger partial charge in [-0.25, -0.2) is 8.42 Å². The van der Waals surface area contributed by atoms with E-state index in [0.29, 0.717) is 0 Å². The Morgan fingerprint density at radius 2 is 1.50 bits per heavy atom. The van der Waals surface area contributed by atoms with E-state index in [-0.39, 0.29) is 11.8 Å². The molecule has 6 N–H and O–H groups in total. The van der Waals surface area contributed by atoms with Gasteiger partial charge in [0.15, 0.2) is 9.84 Å². The minimum atomic E-state index is -3.96. The highest BCUT2D eigenvalue weighted by atomic mass is 32.3. The molecule has 0 spiro atoms. The zero-order chi connectivity index (χ0) is 16.3. The molecule has 8 nitrogen and oxygen atoms in total. The quantitative estimate of drug-likeness (QED) is 0.266. The third-order valence-electron chi connectivity index (χ3n) is 2.57. The van der Waals surface area contributed by atoms with Crippen LogP contribution in [0.5, 0.6) is 0 Å². The molecule has 0 rings (SSSR count). The van der Waals surface area contributed by atoms with Crippen molar-refractivity contribution in [2.75, 3.05) is 5.75 Å². The first kappa shape index (κ1) is 20.1. The van der Waals surface area contributed by atoms with E-state index in [1.165, 1.54) is 6.92 Å². The van der Waals surface area contributed by atoms with Crippen LogP contribution in [0, 0.1) is 0 Å².